The van der Waals surface area contributed by atoms with Crippen LogP contribution in [0.15, 0.2) is 0 Å². The normalized spacial score (nSPS) is 27.1. The summed E-state index contributed by atoms with van der Waals surface area (Å²) in [6, 6.07) is -0.00565. The van der Waals surface area contributed by atoms with Crippen LogP contribution in [0.5, 0.6) is 0 Å². The van der Waals surface area contributed by atoms with Crippen molar-refractivity contribution in [1.29, 1.82) is 0 Å². The summed E-state index contributed by atoms with van der Waals surface area (Å²) in [6.07, 6.45) is 3.88. The van der Waals surface area contributed by atoms with Crippen LogP contribution in [0.4, 0.5) is 4.79 Å². The van der Waals surface area contributed by atoms with E-state index in [4.69, 9.17) is 18.0 Å². The number of nitrogens with two attached hydrogens (primary N) is 1. The van der Waals surface area contributed by atoms with Crippen LogP contribution in [0.2, 0.25) is 0 Å². The lowest BCUT2D eigenvalue weighted by molar-refractivity contribution is 0.149. The Morgan fingerprint density at radius 1 is 1.35 bits per heavy atom. The van der Waals surface area contributed by atoms with Gasteiger partial charge in [-0.1, -0.05) is 19.1 Å². The maximum absolute atomic E-state index is 12.5. The maximum Gasteiger partial charge on any atom is 0.318 e. The van der Waals surface area contributed by atoms with Crippen molar-refractivity contribution in [1.82, 2.24) is 15.1 Å². The van der Waals surface area contributed by atoms with Gasteiger partial charge in [0.05, 0.1) is 10.5 Å². The lowest BCUT2D eigenvalue weighted by atomic mass is 9.87. The summed E-state index contributed by atoms with van der Waals surface area (Å²) in [6.45, 7) is 5.68. The van der Waals surface area contributed by atoms with Crippen LogP contribution in [0.3, 0.4) is 0 Å². The van der Waals surface area contributed by atoms with E-state index < -0.39 is 5.54 Å². The number of urea groups is 1. The van der Waals surface area contributed by atoms with Gasteiger partial charge in [0.1, 0.15) is 0 Å². The van der Waals surface area contributed by atoms with E-state index in [1.54, 1.807) is 0 Å². The zero-order valence-electron chi connectivity index (χ0n) is 12.5. The molecule has 1 unspecified atom stereocenters. The molecule has 0 radical (unpaired) electrons. The first-order valence-corrected chi connectivity index (χ1v) is 7.89. The molecule has 0 spiro atoms. The van der Waals surface area contributed by atoms with Crippen molar-refractivity contribution in [3.63, 3.8) is 0 Å². The van der Waals surface area contributed by atoms with Crippen LogP contribution in [-0.2, 0) is 0 Å². The third-order valence-corrected chi connectivity index (χ3v) is 4.99. The first-order chi connectivity index (χ1) is 9.43. The molecule has 0 aliphatic carbocycles. The molecule has 2 aliphatic heterocycles. The first-order valence-electron chi connectivity index (χ1n) is 7.48. The molecule has 3 N–H and O–H groups in total. The molecule has 0 aromatic rings. The highest BCUT2D eigenvalue weighted by atomic mass is 32.1. The van der Waals surface area contributed by atoms with Gasteiger partial charge in [-0.3, -0.25) is 0 Å². The number of hydrogen-bond acceptors (Lipinski definition) is 3. The van der Waals surface area contributed by atoms with Gasteiger partial charge in [-0.2, -0.15) is 0 Å². The van der Waals surface area contributed by atoms with Gasteiger partial charge < -0.3 is 20.9 Å². The van der Waals surface area contributed by atoms with Crippen molar-refractivity contribution in [2.24, 2.45) is 11.7 Å². The molecule has 0 aromatic heterocycles. The number of amides is 2. The van der Waals surface area contributed by atoms with Crippen molar-refractivity contribution in [3.8, 4) is 0 Å². The Morgan fingerprint density at radius 3 is 2.55 bits per heavy atom. The van der Waals surface area contributed by atoms with Crippen molar-refractivity contribution in [3.05, 3.63) is 0 Å². The van der Waals surface area contributed by atoms with Crippen LogP contribution in [-0.4, -0.2) is 59.6 Å². The zero-order valence-corrected chi connectivity index (χ0v) is 13.3. The maximum atomic E-state index is 12.5. The second kappa shape index (κ2) is 6.26. The predicted octanol–water partition coefficient (Wildman–Crippen LogP) is 1.18. The Labute approximate surface area is 126 Å². The molecule has 2 fully saturated rings. The minimum atomic E-state index is -0.500. The molecule has 2 aliphatic rings. The molecular weight excluding hydrogens is 272 g/mol. The molecule has 0 bridgehead atoms. The summed E-state index contributed by atoms with van der Waals surface area (Å²) < 4.78 is 0. The van der Waals surface area contributed by atoms with E-state index in [2.05, 4.69) is 24.2 Å². The van der Waals surface area contributed by atoms with Gasteiger partial charge >= 0.3 is 6.03 Å². The number of carbonyl (C=O) groups excluding carboxylic acids is 1. The number of likely N-dealkylation sites (tertiary alicyclic amines) is 2. The van der Waals surface area contributed by atoms with Crippen molar-refractivity contribution < 1.29 is 4.79 Å². The Kier molecular flexibility index (Phi) is 4.86. The Hall–Kier alpha value is -0.880. The molecule has 0 aromatic carbocycles. The average molecular weight is 298 g/mol. The Bertz CT molecular complexity index is 379. The summed E-state index contributed by atoms with van der Waals surface area (Å²) in [5, 5.41) is 3.14. The standard InChI is InChI=1S/C14H26N4OS/c1-11-4-3-7-18(10-11)13(19)16-14(12(15)20)5-8-17(2)9-6-14/h11H,3-10H2,1-2H3,(H2,15,20)(H,16,19). The lowest BCUT2D eigenvalue weighted by Gasteiger charge is -2.42. The monoisotopic (exact) mass is 298 g/mol. The molecular formula is C14H26N4OS. The van der Waals surface area contributed by atoms with E-state index in [1.807, 2.05) is 4.90 Å². The van der Waals surface area contributed by atoms with E-state index >= 15 is 0 Å². The van der Waals surface area contributed by atoms with Gasteiger partial charge in [-0.15, -0.1) is 0 Å². The quantitative estimate of drug-likeness (QED) is 0.752. The van der Waals surface area contributed by atoms with E-state index in [0.29, 0.717) is 10.9 Å². The summed E-state index contributed by atoms with van der Waals surface area (Å²) >= 11 is 5.24. The van der Waals surface area contributed by atoms with Crippen molar-refractivity contribution >= 4 is 23.2 Å². The number of carbonyl (C=O) groups is 1. The third-order valence-electron chi connectivity index (χ3n) is 4.60. The molecule has 0 saturated carbocycles. The highest BCUT2D eigenvalue weighted by molar-refractivity contribution is 7.80. The Morgan fingerprint density at radius 2 is 2.00 bits per heavy atom. The second-order valence-electron chi connectivity index (χ2n) is 6.37. The first kappa shape index (κ1) is 15.5. The minimum Gasteiger partial charge on any atom is -0.391 e. The van der Waals surface area contributed by atoms with E-state index in [1.165, 1.54) is 6.42 Å². The van der Waals surface area contributed by atoms with Crippen molar-refractivity contribution in [2.75, 3.05) is 33.2 Å². The smallest absolute Gasteiger partial charge is 0.318 e. The fraction of sp³-hybridized carbons (Fsp3) is 0.857. The average Bonchev–Trinajstić information content (AvgIpc) is 2.41. The summed E-state index contributed by atoms with van der Waals surface area (Å²) in [5.41, 5.74) is 5.43. The number of nitrogens with zero attached hydrogens (tertiary/aromatic N) is 2. The van der Waals surface area contributed by atoms with Crippen LogP contribution in [0, 0.1) is 5.92 Å². The Balaban J connectivity index is 2.01. The van der Waals surface area contributed by atoms with Crippen molar-refractivity contribution in [2.45, 2.75) is 38.1 Å². The van der Waals surface area contributed by atoms with Gasteiger partial charge in [0.25, 0.3) is 0 Å². The van der Waals surface area contributed by atoms with Gasteiger partial charge in [0.2, 0.25) is 0 Å². The highest BCUT2D eigenvalue weighted by Gasteiger charge is 2.39. The molecule has 6 heteroatoms. The minimum absolute atomic E-state index is 0.00565. The van der Waals surface area contributed by atoms with Crippen LogP contribution in [0.1, 0.15) is 32.6 Å². The number of rotatable bonds is 2. The molecule has 2 amide bonds. The fourth-order valence-electron chi connectivity index (χ4n) is 3.09. The van der Waals surface area contributed by atoms with Gasteiger partial charge in [-0.05, 0) is 38.6 Å². The second-order valence-corrected chi connectivity index (χ2v) is 6.81. The SMILES string of the molecule is CC1CCCN(C(=O)NC2(C(N)=S)CCN(C)CC2)C1. The summed E-state index contributed by atoms with van der Waals surface area (Å²) in [7, 11) is 2.08. The third kappa shape index (κ3) is 3.41. The van der Waals surface area contributed by atoms with E-state index in [0.717, 1.165) is 45.4 Å². The largest absolute Gasteiger partial charge is 0.391 e. The number of piperidine rings is 2. The summed E-state index contributed by atoms with van der Waals surface area (Å²) in [4.78, 5) is 17.1. The van der Waals surface area contributed by atoms with Gasteiger partial charge in [0, 0.05) is 26.2 Å². The number of hydrogen-bond donors (Lipinski definition) is 2. The molecule has 2 rings (SSSR count). The molecule has 20 heavy (non-hydrogen) atoms. The highest BCUT2D eigenvalue weighted by Crippen LogP contribution is 2.23. The lowest BCUT2D eigenvalue weighted by Crippen LogP contribution is -2.63. The molecule has 114 valence electrons. The van der Waals surface area contributed by atoms with Crippen LogP contribution < -0.4 is 11.1 Å². The topological polar surface area (TPSA) is 61.6 Å². The molecule has 2 heterocycles. The van der Waals surface area contributed by atoms with E-state index in [-0.39, 0.29) is 6.03 Å². The zero-order chi connectivity index (χ0) is 14.8. The van der Waals surface area contributed by atoms with Gasteiger partial charge in [0.15, 0.2) is 0 Å². The number of nitrogens with one attached hydrogen (secondary N) is 1. The molecule has 5 nitrogen and oxygen atoms in total. The summed E-state index contributed by atoms with van der Waals surface area (Å²) in [5.74, 6) is 0.577. The van der Waals surface area contributed by atoms with Crippen LogP contribution >= 0.6 is 12.2 Å². The van der Waals surface area contributed by atoms with Crippen LogP contribution in [0.25, 0.3) is 0 Å². The molecule has 2 saturated heterocycles. The van der Waals surface area contributed by atoms with E-state index in [9.17, 15) is 4.79 Å². The van der Waals surface area contributed by atoms with Gasteiger partial charge in [-0.25, -0.2) is 4.79 Å². The predicted molar refractivity (Wildman–Crippen MR) is 84.8 cm³/mol. The number of thiocarbonyl (C=S) groups is 1. The molecule has 1 atom stereocenters. The fourth-order valence-corrected chi connectivity index (χ4v) is 3.35.